The molecule has 0 aromatic heterocycles. The zero-order valence-electron chi connectivity index (χ0n) is 14.2. The maximum absolute atomic E-state index is 12.1. The number of benzene rings is 2. The van der Waals surface area contributed by atoms with Gasteiger partial charge in [0.15, 0.2) is 0 Å². The summed E-state index contributed by atoms with van der Waals surface area (Å²) in [5.74, 6) is -0.0450. The standard InChI is InChI=1S/C20H20O5S/c21-19(15-7-3-1-4-8-15)24-11-17-13-26(23)14-18(17)12-25-20(22)16-9-5-2-6-10-16/h1-10,17-18H,11-14H2/t17-,18+,26?. The van der Waals surface area contributed by atoms with E-state index in [1.54, 1.807) is 48.5 Å². The average Bonchev–Trinajstić information content (AvgIpc) is 3.05. The first-order valence-electron chi connectivity index (χ1n) is 8.43. The molecule has 1 fully saturated rings. The molecule has 0 N–H and O–H groups in total. The highest BCUT2D eigenvalue weighted by Gasteiger charge is 2.34. The molecule has 3 rings (SSSR count). The van der Waals surface area contributed by atoms with Gasteiger partial charge in [-0.05, 0) is 24.3 Å². The topological polar surface area (TPSA) is 69.7 Å². The van der Waals surface area contributed by atoms with E-state index in [2.05, 4.69) is 0 Å². The molecule has 0 aliphatic carbocycles. The Morgan fingerprint density at radius 1 is 0.769 bits per heavy atom. The Bertz CT molecular complexity index is 710. The summed E-state index contributed by atoms with van der Waals surface area (Å²) < 4.78 is 22.7. The van der Waals surface area contributed by atoms with Crippen molar-refractivity contribution in [3.63, 3.8) is 0 Å². The molecule has 3 atom stereocenters. The maximum Gasteiger partial charge on any atom is 0.338 e. The predicted molar refractivity (Wildman–Crippen MR) is 98.3 cm³/mol. The molecule has 0 bridgehead atoms. The zero-order chi connectivity index (χ0) is 18.4. The third-order valence-electron chi connectivity index (χ3n) is 4.34. The highest BCUT2D eigenvalue weighted by atomic mass is 32.2. The van der Waals surface area contributed by atoms with Crippen molar-refractivity contribution in [2.75, 3.05) is 24.7 Å². The van der Waals surface area contributed by atoms with Crippen LogP contribution in [0.3, 0.4) is 0 Å². The minimum atomic E-state index is -0.984. The first-order chi connectivity index (χ1) is 12.6. The quantitative estimate of drug-likeness (QED) is 0.729. The van der Waals surface area contributed by atoms with Crippen molar-refractivity contribution in [2.24, 2.45) is 11.8 Å². The molecular weight excluding hydrogens is 352 g/mol. The lowest BCUT2D eigenvalue weighted by Crippen LogP contribution is -2.25. The van der Waals surface area contributed by atoms with Gasteiger partial charge in [0.2, 0.25) is 0 Å². The van der Waals surface area contributed by atoms with Gasteiger partial charge in [0.25, 0.3) is 0 Å². The van der Waals surface area contributed by atoms with Crippen LogP contribution in [0.15, 0.2) is 60.7 Å². The SMILES string of the molecule is O=C(OC[C@@H]1CS(=O)C[C@@H]1COC(=O)c1ccccc1)c1ccccc1. The first-order valence-corrected chi connectivity index (χ1v) is 9.91. The molecule has 1 aliphatic rings. The summed E-state index contributed by atoms with van der Waals surface area (Å²) in [6.07, 6.45) is 0. The van der Waals surface area contributed by atoms with Crippen LogP contribution in [0.25, 0.3) is 0 Å². The summed E-state index contributed by atoms with van der Waals surface area (Å²) in [5, 5.41) is 0. The van der Waals surface area contributed by atoms with Gasteiger partial charge < -0.3 is 9.47 Å². The van der Waals surface area contributed by atoms with Gasteiger partial charge in [-0.25, -0.2) is 9.59 Å². The van der Waals surface area contributed by atoms with Gasteiger partial charge >= 0.3 is 11.9 Å². The summed E-state index contributed by atoms with van der Waals surface area (Å²) in [6.45, 7) is 0.347. The molecule has 0 saturated carbocycles. The van der Waals surface area contributed by atoms with Gasteiger partial charge in [-0.1, -0.05) is 36.4 Å². The minimum absolute atomic E-state index is 0.0768. The Hall–Kier alpha value is -2.47. The van der Waals surface area contributed by atoms with Crippen molar-refractivity contribution >= 4 is 22.7 Å². The third-order valence-corrected chi connectivity index (χ3v) is 5.94. The van der Waals surface area contributed by atoms with Gasteiger partial charge in [-0.3, -0.25) is 4.21 Å². The van der Waals surface area contributed by atoms with Crippen molar-refractivity contribution < 1.29 is 23.3 Å². The fourth-order valence-electron chi connectivity index (χ4n) is 2.87. The number of carbonyl (C=O) groups is 2. The van der Waals surface area contributed by atoms with Crippen LogP contribution in [0.1, 0.15) is 20.7 Å². The zero-order valence-corrected chi connectivity index (χ0v) is 15.0. The van der Waals surface area contributed by atoms with Gasteiger partial charge in [0.1, 0.15) is 0 Å². The Balaban J connectivity index is 1.52. The van der Waals surface area contributed by atoms with Gasteiger partial charge in [-0.2, -0.15) is 0 Å². The van der Waals surface area contributed by atoms with Crippen molar-refractivity contribution in [3.05, 3.63) is 71.8 Å². The molecular formula is C20H20O5S. The Morgan fingerprint density at radius 2 is 1.15 bits per heavy atom. The van der Waals surface area contributed by atoms with Crippen molar-refractivity contribution in [3.8, 4) is 0 Å². The lowest BCUT2D eigenvalue weighted by molar-refractivity contribution is 0.0291. The predicted octanol–water partition coefficient (Wildman–Crippen LogP) is 2.70. The van der Waals surface area contributed by atoms with E-state index in [0.29, 0.717) is 22.6 Å². The molecule has 1 aliphatic heterocycles. The van der Waals surface area contributed by atoms with E-state index < -0.39 is 22.7 Å². The number of esters is 2. The second kappa shape index (κ2) is 8.76. The fourth-order valence-corrected chi connectivity index (χ4v) is 4.69. The molecule has 5 nitrogen and oxygen atoms in total. The first kappa shape index (κ1) is 18.3. The monoisotopic (exact) mass is 372 g/mol. The van der Waals surface area contributed by atoms with Crippen LogP contribution in [0.5, 0.6) is 0 Å². The lowest BCUT2D eigenvalue weighted by atomic mass is 9.98. The fraction of sp³-hybridized carbons (Fsp3) is 0.300. The van der Waals surface area contributed by atoms with Gasteiger partial charge in [0, 0.05) is 34.1 Å². The van der Waals surface area contributed by atoms with Crippen molar-refractivity contribution in [1.29, 1.82) is 0 Å². The largest absolute Gasteiger partial charge is 0.462 e. The lowest BCUT2D eigenvalue weighted by Gasteiger charge is -2.18. The normalized spacial score (nSPS) is 21.9. The summed E-state index contributed by atoms with van der Waals surface area (Å²) >= 11 is 0. The van der Waals surface area contributed by atoms with E-state index in [9.17, 15) is 13.8 Å². The molecule has 1 saturated heterocycles. The molecule has 1 unspecified atom stereocenters. The molecule has 2 aromatic carbocycles. The molecule has 6 heteroatoms. The molecule has 2 aromatic rings. The summed E-state index contributed by atoms with van der Waals surface area (Å²) in [4.78, 5) is 24.1. The van der Waals surface area contributed by atoms with Crippen molar-refractivity contribution in [1.82, 2.24) is 0 Å². The number of ether oxygens (including phenoxy) is 2. The number of hydrogen-bond acceptors (Lipinski definition) is 5. The molecule has 136 valence electrons. The number of carbonyl (C=O) groups excluding carboxylic acids is 2. The van der Waals surface area contributed by atoms with Crippen molar-refractivity contribution in [2.45, 2.75) is 0 Å². The molecule has 26 heavy (non-hydrogen) atoms. The Morgan fingerprint density at radius 3 is 1.54 bits per heavy atom. The molecule has 0 amide bonds. The van der Waals surface area contributed by atoms with Crippen LogP contribution in [0, 0.1) is 11.8 Å². The second-order valence-corrected chi connectivity index (χ2v) is 7.77. The molecule has 0 spiro atoms. The third kappa shape index (κ3) is 4.79. The van der Waals surface area contributed by atoms with E-state index in [0.717, 1.165) is 0 Å². The van der Waals surface area contributed by atoms with E-state index in [1.165, 1.54) is 0 Å². The summed E-state index contributed by atoms with van der Waals surface area (Å²) in [7, 11) is -0.984. The van der Waals surface area contributed by atoms with E-state index in [4.69, 9.17) is 9.47 Å². The Kier molecular flexibility index (Phi) is 6.17. The summed E-state index contributed by atoms with van der Waals surface area (Å²) in [5.41, 5.74) is 0.970. The summed E-state index contributed by atoms with van der Waals surface area (Å²) in [6, 6.07) is 17.5. The van der Waals surface area contributed by atoms with E-state index >= 15 is 0 Å². The second-order valence-electron chi connectivity index (χ2n) is 6.22. The molecule has 1 heterocycles. The van der Waals surface area contributed by atoms with Crippen LogP contribution in [-0.2, 0) is 20.3 Å². The Labute approximate surface area is 154 Å². The highest BCUT2D eigenvalue weighted by Crippen LogP contribution is 2.24. The minimum Gasteiger partial charge on any atom is -0.462 e. The van der Waals surface area contributed by atoms with Crippen LogP contribution in [0.2, 0.25) is 0 Å². The van der Waals surface area contributed by atoms with Gasteiger partial charge in [0.05, 0.1) is 24.3 Å². The van der Waals surface area contributed by atoms with E-state index in [-0.39, 0.29) is 25.0 Å². The number of hydrogen-bond donors (Lipinski definition) is 0. The average molecular weight is 372 g/mol. The van der Waals surface area contributed by atoms with Crippen LogP contribution in [0.4, 0.5) is 0 Å². The molecule has 0 radical (unpaired) electrons. The number of rotatable bonds is 6. The van der Waals surface area contributed by atoms with E-state index in [1.807, 2.05) is 12.1 Å². The highest BCUT2D eigenvalue weighted by molar-refractivity contribution is 7.85. The van der Waals surface area contributed by atoms with Gasteiger partial charge in [-0.15, -0.1) is 0 Å². The van der Waals surface area contributed by atoms with Crippen LogP contribution in [-0.4, -0.2) is 40.9 Å². The maximum atomic E-state index is 12.1. The van der Waals surface area contributed by atoms with Crippen LogP contribution >= 0.6 is 0 Å². The van der Waals surface area contributed by atoms with Crippen LogP contribution < -0.4 is 0 Å². The smallest absolute Gasteiger partial charge is 0.338 e.